The van der Waals surface area contributed by atoms with Gasteiger partial charge in [0.25, 0.3) is 5.69 Å². The van der Waals surface area contributed by atoms with E-state index in [-0.39, 0.29) is 28.4 Å². The summed E-state index contributed by atoms with van der Waals surface area (Å²) in [6.45, 7) is 2.63. The molecule has 156 valence electrons. The highest BCUT2D eigenvalue weighted by molar-refractivity contribution is 5.95. The van der Waals surface area contributed by atoms with Gasteiger partial charge < -0.3 is 4.90 Å². The predicted molar refractivity (Wildman–Crippen MR) is 120 cm³/mol. The van der Waals surface area contributed by atoms with Crippen molar-refractivity contribution in [2.75, 3.05) is 11.4 Å². The van der Waals surface area contributed by atoms with Crippen LogP contribution in [0.4, 0.5) is 11.4 Å². The van der Waals surface area contributed by atoms with Crippen LogP contribution in [0.25, 0.3) is 0 Å². The number of allylic oxidation sites excluding steroid dienone is 4. The molecule has 0 amide bonds. The van der Waals surface area contributed by atoms with Gasteiger partial charge in [0, 0.05) is 41.8 Å². The number of nitrogens with zero attached hydrogens (tertiary/aromatic N) is 2. The van der Waals surface area contributed by atoms with E-state index in [0.717, 1.165) is 30.5 Å². The number of fused-ring (bicyclic) bond motifs is 4. The standard InChI is InChI=1S/C26H24N2O3/c1-15(29)18-12-23-20-5-2-4-17(20)14-27-25(16-8-10-19(11-9-16)28(30)31)22-7-3-6-21(22)24(13-18)26(23)27/h2-3,5-6,8-13,17,20-22,25H,4,7,14H2,1H3/t17-,20+,21-,22+,25+/m1/s1. The molecule has 0 aromatic heterocycles. The van der Waals surface area contributed by atoms with Crippen molar-refractivity contribution in [3.63, 3.8) is 0 Å². The Bertz CT molecular complexity index is 1150. The van der Waals surface area contributed by atoms with Crippen molar-refractivity contribution in [2.24, 2.45) is 11.8 Å². The molecule has 5 atom stereocenters. The summed E-state index contributed by atoms with van der Waals surface area (Å²) in [6.07, 6.45) is 11.2. The maximum Gasteiger partial charge on any atom is 0.269 e. The lowest BCUT2D eigenvalue weighted by Gasteiger charge is -2.51. The maximum absolute atomic E-state index is 12.4. The molecule has 4 aliphatic rings. The molecule has 0 radical (unpaired) electrons. The lowest BCUT2D eigenvalue weighted by atomic mass is 9.70. The minimum absolute atomic E-state index is 0.116. The Hall–Kier alpha value is -3.21. The molecule has 0 bridgehead atoms. The average molecular weight is 412 g/mol. The van der Waals surface area contributed by atoms with E-state index in [1.54, 1.807) is 19.1 Å². The second kappa shape index (κ2) is 6.64. The van der Waals surface area contributed by atoms with Crippen LogP contribution in [0, 0.1) is 22.0 Å². The van der Waals surface area contributed by atoms with Crippen LogP contribution in [0.15, 0.2) is 60.7 Å². The van der Waals surface area contributed by atoms with Crippen LogP contribution in [-0.4, -0.2) is 17.3 Å². The van der Waals surface area contributed by atoms with E-state index in [1.165, 1.54) is 16.8 Å². The fourth-order valence-electron chi connectivity index (χ4n) is 6.35. The molecule has 5 heteroatoms. The summed E-state index contributed by atoms with van der Waals surface area (Å²) < 4.78 is 0. The zero-order valence-corrected chi connectivity index (χ0v) is 17.4. The highest BCUT2D eigenvalue weighted by atomic mass is 16.6. The number of hydrogen-bond donors (Lipinski definition) is 0. The molecule has 0 fully saturated rings. The molecule has 6 rings (SSSR count). The van der Waals surface area contributed by atoms with Gasteiger partial charge in [-0.2, -0.15) is 0 Å². The lowest BCUT2D eigenvalue weighted by molar-refractivity contribution is -0.384. The number of Topliss-reactive ketones (excluding diaryl/α,β-unsaturated/α-hetero) is 1. The van der Waals surface area contributed by atoms with Crippen LogP contribution in [0.5, 0.6) is 0 Å². The predicted octanol–water partition coefficient (Wildman–Crippen LogP) is 5.69. The largest absolute Gasteiger partial charge is 0.363 e. The summed E-state index contributed by atoms with van der Waals surface area (Å²) in [5.74, 6) is 1.63. The Morgan fingerprint density at radius 1 is 1.03 bits per heavy atom. The summed E-state index contributed by atoms with van der Waals surface area (Å²) in [5.41, 5.74) is 5.92. The monoisotopic (exact) mass is 412 g/mol. The zero-order chi connectivity index (χ0) is 21.3. The van der Waals surface area contributed by atoms with E-state index in [1.807, 2.05) is 12.1 Å². The van der Waals surface area contributed by atoms with Crippen molar-refractivity contribution < 1.29 is 9.72 Å². The van der Waals surface area contributed by atoms with E-state index >= 15 is 0 Å². The van der Waals surface area contributed by atoms with Crippen LogP contribution in [0.1, 0.15) is 64.7 Å². The van der Waals surface area contributed by atoms with E-state index in [2.05, 4.69) is 41.3 Å². The molecule has 5 nitrogen and oxygen atoms in total. The first-order chi connectivity index (χ1) is 15.0. The fraction of sp³-hybridized carbons (Fsp3) is 0.346. The molecule has 0 N–H and O–H groups in total. The van der Waals surface area contributed by atoms with Crippen LogP contribution in [0.2, 0.25) is 0 Å². The summed E-state index contributed by atoms with van der Waals surface area (Å²) in [4.78, 5) is 25.7. The van der Waals surface area contributed by atoms with Crippen molar-refractivity contribution in [1.29, 1.82) is 0 Å². The number of ketones is 1. The van der Waals surface area contributed by atoms with Gasteiger partial charge in [-0.25, -0.2) is 0 Å². The maximum atomic E-state index is 12.4. The molecule has 2 aromatic carbocycles. The van der Waals surface area contributed by atoms with Crippen molar-refractivity contribution in [3.8, 4) is 0 Å². The lowest BCUT2D eigenvalue weighted by Crippen LogP contribution is -2.46. The van der Waals surface area contributed by atoms with Gasteiger partial charge in [0.15, 0.2) is 5.78 Å². The molecule has 31 heavy (non-hydrogen) atoms. The first kappa shape index (κ1) is 18.6. The van der Waals surface area contributed by atoms with Crippen molar-refractivity contribution in [1.82, 2.24) is 0 Å². The molecule has 2 aliphatic carbocycles. The second-order valence-corrected chi connectivity index (χ2v) is 9.31. The molecule has 2 heterocycles. The van der Waals surface area contributed by atoms with Gasteiger partial charge in [0.2, 0.25) is 0 Å². The van der Waals surface area contributed by atoms with E-state index in [4.69, 9.17) is 0 Å². The van der Waals surface area contributed by atoms with E-state index in [0.29, 0.717) is 17.8 Å². The number of hydrogen-bond acceptors (Lipinski definition) is 4. The number of non-ortho nitro benzene ring substituents is 1. The van der Waals surface area contributed by atoms with Crippen molar-refractivity contribution in [2.45, 2.75) is 37.6 Å². The molecule has 0 saturated carbocycles. The van der Waals surface area contributed by atoms with Crippen LogP contribution in [0.3, 0.4) is 0 Å². The first-order valence-electron chi connectivity index (χ1n) is 11.1. The van der Waals surface area contributed by atoms with Crippen LogP contribution >= 0.6 is 0 Å². The minimum Gasteiger partial charge on any atom is -0.363 e. The Morgan fingerprint density at radius 2 is 1.71 bits per heavy atom. The highest BCUT2D eigenvalue weighted by Gasteiger charge is 2.47. The van der Waals surface area contributed by atoms with Gasteiger partial charge in [0.05, 0.1) is 11.0 Å². The van der Waals surface area contributed by atoms with Gasteiger partial charge in [0.1, 0.15) is 0 Å². The smallest absolute Gasteiger partial charge is 0.269 e. The molecule has 2 aromatic rings. The Labute approximate surface area is 181 Å². The Morgan fingerprint density at radius 3 is 2.42 bits per heavy atom. The SMILES string of the molecule is CC(=O)c1cc2c3c(c1)[C@@H]1C=CC[C@@H]1[C@H](c1ccc([N+](=O)[O-])cc1)N3C[C@H]1CC=C[C@H]21. The number of nitro groups is 1. The summed E-state index contributed by atoms with van der Waals surface area (Å²) in [5, 5.41) is 11.2. The Kier molecular flexibility index (Phi) is 3.98. The van der Waals surface area contributed by atoms with Gasteiger partial charge in [-0.15, -0.1) is 0 Å². The molecule has 0 saturated heterocycles. The molecule has 0 unspecified atom stereocenters. The number of benzene rings is 2. The van der Waals surface area contributed by atoms with Gasteiger partial charge in [-0.05, 0) is 60.4 Å². The Balaban J connectivity index is 1.55. The highest BCUT2D eigenvalue weighted by Crippen LogP contribution is 2.59. The third-order valence-corrected chi connectivity index (χ3v) is 7.70. The number of rotatable bonds is 3. The normalized spacial score (nSPS) is 29.5. The first-order valence-corrected chi connectivity index (χ1v) is 11.1. The van der Waals surface area contributed by atoms with E-state index in [9.17, 15) is 14.9 Å². The summed E-state index contributed by atoms with van der Waals surface area (Å²) in [7, 11) is 0. The molecular weight excluding hydrogens is 388 g/mol. The third kappa shape index (κ3) is 2.65. The number of anilines is 1. The summed E-state index contributed by atoms with van der Waals surface area (Å²) in [6, 6.07) is 11.5. The van der Waals surface area contributed by atoms with Crippen LogP contribution in [-0.2, 0) is 0 Å². The average Bonchev–Trinajstić information content (AvgIpc) is 3.43. The summed E-state index contributed by atoms with van der Waals surface area (Å²) >= 11 is 0. The number of carbonyl (C=O) groups excluding carboxylic acids is 1. The third-order valence-electron chi connectivity index (χ3n) is 7.70. The van der Waals surface area contributed by atoms with Gasteiger partial charge in [-0.3, -0.25) is 14.9 Å². The topological polar surface area (TPSA) is 63.4 Å². The van der Waals surface area contributed by atoms with Gasteiger partial charge in [-0.1, -0.05) is 36.4 Å². The van der Waals surface area contributed by atoms with Crippen molar-refractivity contribution in [3.05, 3.63) is 93.1 Å². The quantitative estimate of drug-likeness (QED) is 0.281. The zero-order valence-electron chi connectivity index (χ0n) is 17.4. The number of nitro benzene ring substituents is 1. The molecular formula is C26H24N2O3. The van der Waals surface area contributed by atoms with Gasteiger partial charge >= 0.3 is 0 Å². The molecule has 2 aliphatic heterocycles. The fourth-order valence-corrected chi connectivity index (χ4v) is 6.35. The van der Waals surface area contributed by atoms with Crippen LogP contribution < -0.4 is 4.90 Å². The second-order valence-electron chi connectivity index (χ2n) is 9.31. The minimum atomic E-state index is -0.336. The molecule has 0 spiro atoms. The van der Waals surface area contributed by atoms with E-state index < -0.39 is 0 Å². The van der Waals surface area contributed by atoms with Crippen molar-refractivity contribution >= 4 is 17.2 Å². The number of carbonyl (C=O) groups is 1.